The molecule has 96 valence electrons. The molecule has 0 aliphatic carbocycles. The zero-order valence-corrected chi connectivity index (χ0v) is 11.5. The van der Waals surface area contributed by atoms with E-state index in [0.717, 1.165) is 18.7 Å². The number of nitrogens with zero attached hydrogens (tertiary/aromatic N) is 3. The lowest BCUT2D eigenvalue weighted by Crippen LogP contribution is -2.16. The van der Waals surface area contributed by atoms with Crippen molar-refractivity contribution >= 4 is 23.2 Å². The van der Waals surface area contributed by atoms with Crippen LogP contribution in [0.1, 0.15) is 19.0 Å². The molecular formula is C12H14Cl2N4. The lowest BCUT2D eigenvalue weighted by atomic mass is 10.3. The summed E-state index contributed by atoms with van der Waals surface area (Å²) < 4.78 is 1.63. The summed E-state index contributed by atoms with van der Waals surface area (Å²) in [7, 11) is 0. The summed E-state index contributed by atoms with van der Waals surface area (Å²) in [5, 5.41) is 8.62. The van der Waals surface area contributed by atoms with Gasteiger partial charge in [-0.3, -0.25) is 0 Å². The van der Waals surface area contributed by atoms with Gasteiger partial charge in [-0.1, -0.05) is 30.1 Å². The monoisotopic (exact) mass is 284 g/mol. The van der Waals surface area contributed by atoms with Crippen LogP contribution in [0, 0.1) is 0 Å². The maximum atomic E-state index is 6.11. The van der Waals surface area contributed by atoms with Crippen molar-refractivity contribution in [3.8, 4) is 5.82 Å². The van der Waals surface area contributed by atoms with E-state index in [1.54, 1.807) is 17.1 Å². The molecule has 0 saturated heterocycles. The summed E-state index contributed by atoms with van der Waals surface area (Å²) in [4.78, 5) is 4.48. The zero-order valence-electron chi connectivity index (χ0n) is 10.0. The van der Waals surface area contributed by atoms with Gasteiger partial charge in [0, 0.05) is 6.54 Å². The van der Waals surface area contributed by atoms with Crippen LogP contribution >= 0.6 is 23.2 Å². The smallest absolute Gasteiger partial charge is 0.153 e. The number of hydrogen-bond donors (Lipinski definition) is 1. The Kier molecular flexibility index (Phi) is 4.58. The molecule has 0 aliphatic heterocycles. The fraction of sp³-hybridized carbons (Fsp3) is 0.333. The molecule has 2 aromatic rings. The second kappa shape index (κ2) is 6.18. The largest absolute Gasteiger partial charge is 0.311 e. The maximum Gasteiger partial charge on any atom is 0.153 e. The Morgan fingerprint density at radius 1 is 1.33 bits per heavy atom. The molecule has 0 aromatic carbocycles. The molecule has 0 amide bonds. The fourth-order valence-electron chi connectivity index (χ4n) is 1.53. The van der Waals surface area contributed by atoms with E-state index >= 15 is 0 Å². The normalized spacial score (nSPS) is 10.8. The van der Waals surface area contributed by atoms with Crippen LogP contribution in [0.15, 0.2) is 24.5 Å². The van der Waals surface area contributed by atoms with Gasteiger partial charge in [0.1, 0.15) is 0 Å². The number of nitrogens with one attached hydrogen (secondary N) is 1. The van der Waals surface area contributed by atoms with E-state index in [0.29, 0.717) is 22.4 Å². The summed E-state index contributed by atoms with van der Waals surface area (Å²) >= 11 is 11.9. The molecule has 0 saturated carbocycles. The van der Waals surface area contributed by atoms with Gasteiger partial charge in [-0.2, -0.15) is 5.10 Å². The topological polar surface area (TPSA) is 42.7 Å². The molecule has 18 heavy (non-hydrogen) atoms. The van der Waals surface area contributed by atoms with Crippen LogP contribution in [0.5, 0.6) is 0 Å². The van der Waals surface area contributed by atoms with Gasteiger partial charge >= 0.3 is 0 Å². The van der Waals surface area contributed by atoms with E-state index in [1.165, 1.54) is 0 Å². The third-order valence-electron chi connectivity index (χ3n) is 2.41. The molecule has 1 N–H and O–H groups in total. The molecule has 0 unspecified atom stereocenters. The van der Waals surface area contributed by atoms with Gasteiger partial charge in [0.25, 0.3) is 0 Å². The van der Waals surface area contributed by atoms with Gasteiger partial charge in [-0.25, -0.2) is 9.67 Å². The minimum atomic E-state index is 0.581. The first-order valence-electron chi connectivity index (χ1n) is 5.77. The molecule has 4 nitrogen and oxygen atoms in total. The van der Waals surface area contributed by atoms with Crippen LogP contribution in [0.25, 0.3) is 5.82 Å². The van der Waals surface area contributed by atoms with E-state index in [4.69, 9.17) is 23.2 Å². The Morgan fingerprint density at radius 2 is 2.17 bits per heavy atom. The first kappa shape index (κ1) is 13.3. The standard InChI is InChI=1S/C12H14Cl2N4/c1-2-5-15-7-11-10(14)3-4-12(17-11)18-8-9(13)6-16-18/h3-4,6,8,15H,2,5,7H2,1H3. The summed E-state index contributed by atoms with van der Waals surface area (Å²) in [6.45, 7) is 3.70. The van der Waals surface area contributed by atoms with Gasteiger partial charge < -0.3 is 5.32 Å². The average Bonchev–Trinajstić information content (AvgIpc) is 2.78. The highest BCUT2D eigenvalue weighted by molar-refractivity contribution is 6.31. The number of halogens is 2. The molecule has 0 bridgehead atoms. The maximum absolute atomic E-state index is 6.11. The first-order chi connectivity index (χ1) is 8.70. The van der Waals surface area contributed by atoms with Crippen molar-refractivity contribution < 1.29 is 0 Å². The Bertz CT molecular complexity index is 525. The SMILES string of the molecule is CCCNCc1nc(-n2cc(Cl)cn2)ccc1Cl. The van der Waals surface area contributed by atoms with Crippen LogP contribution < -0.4 is 5.32 Å². The second-order valence-corrected chi connectivity index (χ2v) is 4.72. The van der Waals surface area contributed by atoms with Crippen LogP contribution in [0.2, 0.25) is 10.0 Å². The lowest BCUT2D eigenvalue weighted by molar-refractivity contribution is 0.661. The van der Waals surface area contributed by atoms with Crippen molar-refractivity contribution in [2.24, 2.45) is 0 Å². The van der Waals surface area contributed by atoms with Crippen molar-refractivity contribution in [1.82, 2.24) is 20.1 Å². The number of rotatable bonds is 5. The Labute approximate surface area is 116 Å². The highest BCUT2D eigenvalue weighted by Gasteiger charge is 2.06. The Balaban J connectivity index is 2.20. The van der Waals surface area contributed by atoms with Crippen LogP contribution in [0.4, 0.5) is 0 Å². The zero-order chi connectivity index (χ0) is 13.0. The first-order valence-corrected chi connectivity index (χ1v) is 6.53. The van der Waals surface area contributed by atoms with E-state index in [1.807, 2.05) is 12.1 Å². The quantitative estimate of drug-likeness (QED) is 0.858. The minimum Gasteiger partial charge on any atom is -0.311 e. The van der Waals surface area contributed by atoms with Gasteiger partial charge in [0.2, 0.25) is 0 Å². The van der Waals surface area contributed by atoms with Crippen LogP contribution in [-0.2, 0) is 6.54 Å². The summed E-state index contributed by atoms with van der Waals surface area (Å²) in [5.41, 5.74) is 0.814. The van der Waals surface area contributed by atoms with E-state index < -0.39 is 0 Å². The molecule has 2 rings (SSSR count). The summed E-state index contributed by atoms with van der Waals surface area (Å²) in [6, 6.07) is 3.64. The van der Waals surface area contributed by atoms with Crippen LogP contribution in [-0.4, -0.2) is 21.3 Å². The Morgan fingerprint density at radius 3 is 2.83 bits per heavy atom. The minimum absolute atomic E-state index is 0.581. The molecule has 0 radical (unpaired) electrons. The van der Waals surface area contributed by atoms with Gasteiger partial charge in [0.15, 0.2) is 5.82 Å². The molecule has 6 heteroatoms. The number of pyridine rings is 1. The highest BCUT2D eigenvalue weighted by Crippen LogP contribution is 2.17. The Hall–Kier alpha value is -1.10. The number of hydrogen-bond acceptors (Lipinski definition) is 3. The molecule has 0 atom stereocenters. The third kappa shape index (κ3) is 3.22. The van der Waals surface area contributed by atoms with Crippen LogP contribution in [0.3, 0.4) is 0 Å². The van der Waals surface area contributed by atoms with E-state index in [2.05, 4.69) is 22.3 Å². The predicted octanol–water partition coefficient (Wildman–Crippen LogP) is 3.07. The van der Waals surface area contributed by atoms with Crippen molar-refractivity contribution in [3.05, 3.63) is 40.3 Å². The second-order valence-electron chi connectivity index (χ2n) is 3.88. The molecular weight excluding hydrogens is 271 g/mol. The molecule has 0 fully saturated rings. The molecule has 2 aromatic heterocycles. The number of aromatic nitrogens is 3. The van der Waals surface area contributed by atoms with E-state index in [-0.39, 0.29) is 0 Å². The van der Waals surface area contributed by atoms with Crippen molar-refractivity contribution in [3.63, 3.8) is 0 Å². The van der Waals surface area contributed by atoms with Gasteiger partial charge in [0.05, 0.1) is 28.1 Å². The van der Waals surface area contributed by atoms with E-state index in [9.17, 15) is 0 Å². The van der Waals surface area contributed by atoms with Crippen molar-refractivity contribution in [1.29, 1.82) is 0 Å². The fourth-order valence-corrected chi connectivity index (χ4v) is 1.84. The van der Waals surface area contributed by atoms with Gasteiger partial charge in [-0.05, 0) is 25.1 Å². The van der Waals surface area contributed by atoms with Crippen molar-refractivity contribution in [2.45, 2.75) is 19.9 Å². The third-order valence-corrected chi connectivity index (χ3v) is 2.95. The summed E-state index contributed by atoms with van der Waals surface area (Å²) in [5.74, 6) is 0.708. The molecule has 0 spiro atoms. The predicted molar refractivity (Wildman–Crippen MR) is 73.4 cm³/mol. The molecule has 2 heterocycles. The highest BCUT2D eigenvalue weighted by atomic mass is 35.5. The summed E-state index contributed by atoms with van der Waals surface area (Å²) in [6.07, 6.45) is 4.36. The average molecular weight is 285 g/mol. The lowest BCUT2D eigenvalue weighted by Gasteiger charge is -2.07. The van der Waals surface area contributed by atoms with Gasteiger partial charge in [-0.15, -0.1) is 0 Å². The molecule has 0 aliphatic rings. The van der Waals surface area contributed by atoms with Crippen molar-refractivity contribution in [2.75, 3.05) is 6.54 Å².